The van der Waals surface area contributed by atoms with Crippen LogP contribution in [-0.2, 0) is 9.53 Å². The molecule has 5 heteroatoms. The maximum absolute atomic E-state index is 12.8. The van der Waals surface area contributed by atoms with Crippen LogP contribution in [-0.4, -0.2) is 55.5 Å². The van der Waals surface area contributed by atoms with Gasteiger partial charge >= 0.3 is 0 Å². The highest BCUT2D eigenvalue weighted by Gasteiger charge is 2.27. The van der Waals surface area contributed by atoms with Crippen LogP contribution in [0.1, 0.15) is 47.2 Å². The van der Waals surface area contributed by atoms with Crippen molar-refractivity contribution in [2.24, 2.45) is 5.92 Å². The SMILES string of the molecule is Cc1ccc(C(=O)C2CCN(CC(=O)NC[C@H]3CCCO3)CC2)c(C)c1. The van der Waals surface area contributed by atoms with E-state index in [-0.39, 0.29) is 23.7 Å². The average Bonchev–Trinajstić information content (AvgIpc) is 3.14. The van der Waals surface area contributed by atoms with Crippen LogP contribution in [0.25, 0.3) is 0 Å². The lowest BCUT2D eigenvalue weighted by molar-refractivity contribution is -0.123. The molecule has 2 aliphatic heterocycles. The van der Waals surface area contributed by atoms with Crippen LogP contribution in [0.5, 0.6) is 0 Å². The Balaban J connectivity index is 1.43. The Labute approximate surface area is 156 Å². The monoisotopic (exact) mass is 358 g/mol. The molecule has 0 radical (unpaired) electrons. The molecule has 2 heterocycles. The zero-order valence-corrected chi connectivity index (χ0v) is 15.9. The van der Waals surface area contributed by atoms with E-state index in [0.29, 0.717) is 13.1 Å². The summed E-state index contributed by atoms with van der Waals surface area (Å²) in [4.78, 5) is 27.1. The first-order valence-electron chi connectivity index (χ1n) is 9.75. The van der Waals surface area contributed by atoms with Gasteiger partial charge in [0.05, 0.1) is 12.6 Å². The van der Waals surface area contributed by atoms with E-state index in [1.807, 2.05) is 26.0 Å². The van der Waals surface area contributed by atoms with E-state index in [4.69, 9.17) is 4.74 Å². The number of carbonyl (C=O) groups is 2. The van der Waals surface area contributed by atoms with Crippen molar-refractivity contribution in [3.8, 4) is 0 Å². The van der Waals surface area contributed by atoms with E-state index in [1.54, 1.807) is 0 Å². The van der Waals surface area contributed by atoms with Crippen LogP contribution in [0.15, 0.2) is 18.2 Å². The summed E-state index contributed by atoms with van der Waals surface area (Å²) >= 11 is 0. The minimum Gasteiger partial charge on any atom is -0.376 e. The summed E-state index contributed by atoms with van der Waals surface area (Å²) in [6.07, 6.45) is 3.95. The van der Waals surface area contributed by atoms with Gasteiger partial charge in [0.2, 0.25) is 5.91 Å². The quantitative estimate of drug-likeness (QED) is 0.794. The molecular formula is C21H30N2O3. The third kappa shape index (κ3) is 4.92. The highest BCUT2D eigenvalue weighted by molar-refractivity contribution is 5.99. The van der Waals surface area contributed by atoms with E-state index in [0.717, 1.165) is 56.5 Å². The van der Waals surface area contributed by atoms with E-state index in [1.165, 1.54) is 5.56 Å². The molecular weight excluding hydrogens is 328 g/mol. The van der Waals surface area contributed by atoms with Gasteiger partial charge < -0.3 is 10.1 Å². The number of amides is 1. The lowest BCUT2D eigenvalue weighted by atomic mass is 9.87. The Morgan fingerprint density at radius 3 is 2.62 bits per heavy atom. The second-order valence-corrected chi connectivity index (χ2v) is 7.67. The number of benzene rings is 1. The van der Waals surface area contributed by atoms with Gasteiger partial charge in [-0.1, -0.05) is 23.8 Å². The lowest BCUT2D eigenvalue weighted by Crippen LogP contribution is -2.44. The van der Waals surface area contributed by atoms with E-state index >= 15 is 0 Å². The van der Waals surface area contributed by atoms with Gasteiger partial charge in [0, 0.05) is 24.6 Å². The third-order valence-electron chi connectivity index (χ3n) is 5.52. The van der Waals surface area contributed by atoms with Crippen LogP contribution < -0.4 is 5.32 Å². The molecule has 2 saturated heterocycles. The molecule has 5 nitrogen and oxygen atoms in total. The maximum atomic E-state index is 12.8. The Kier molecular flexibility index (Phi) is 6.43. The first-order valence-corrected chi connectivity index (χ1v) is 9.75. The largest absolute Gasteiger partial charge is 0.376 e. The van der Waals surface area contributed by atoms with Crippen LogP contribution in [0.3, 0.4) is 0 Å². The molecule has 0 bridgehead atoms. The summed E-state index contributed by atoms with van der Waals surface area (Å²) < 4.78 is 5.53. The van der Waals surface area contributed by atoms with Gasteiger partial charge in [0.1, 0.15) is 0 Å². The molecule has 1 N–H and O–H groups in total. The molecule has 26 heavy (non-hydrogen) atoms. The maximum Gasteiger partial charge on any atom is 0.234 e. The number of likely N-dealkylation sites (tertiary alicyclic amines) is 1. The van der Waals surface area contributed by atoms with Gasteiger partial charge in [-0.2, -0.15) is 0 Å². The molecule has 0 spiro atoms. The molecule has 3 rings (SSSR count). The van der Waals surface area contributed by atoms with Crippen LogP contribution in [0.2, 0.25) is 0 Å². The van der Waals surface area contributed by atoms with E-state index < -0.39 is 0 Å². The summed E-state index contributed by atoms with van der Waals surface area (Å²) in [5.74, 6) is 0.382. The predicted molar refractivity (Wildman–Crippen MR) is 101 cm³/mol. The smallest absolute Gasteiger partial charge is 0.234 e. The number of piperidine rings is 1. The van der Waals surface area contributed by atoms with Gasteiger partial charge in [-0.25, -0.2) is 0 Å². The number of ketones is 1. The van der Waals surface area contributed by atoms with Crippen LogP contribution >= 0.6 is 0 Å². The minimum absolute atomic E-state index is 0.0552. The van der Waals surface area contributed by atoms with Gasteiger partial charge in [0.25, 0.3) is 0 Å². The summed E-state index contributed by atoms with van der Waals surface area (Å²) in [7, 11) is 0. The van der Waals surface area contributed by atoms with Crippen molar-refractivity contribution in [1.82, 2.24) is 10.2 Å². The van der Waals surface area contributed by atoms with Crippen molar-refractivity contribution in [1.29, 1.82) is 0 Å². The Morgan fingerprint density at radius 2 is 1.96 bits per heavy atom. The number of Topliss-reactive ketones (excluding diaryl/α,β-unsaturated/α-hetero) is 1. The molecule has 1 amide bonds. The molecule has 2 fully saturated rings. The van der Waals surface area contributed by atoms with Crippen LogP contribution in [0.4, 0.5) is 0 Å². The fraction of sp³-hybridized carbons (Fsp3) is 0.619. The molecule has 0 unspecified atom stereocenters. The molecule has 1 aromatic rings. The topological polar surface area (TPSA) is 58.6 Å². The number of carbonyl (C=O) groups excluding carboxylic acids is 2. The Morgan fingerprint density at radius 1 is 1.19 bits per heavy atom. The van der Waals surface area contributed by atoms with E-state index in [9.17, 15) is 9.59 Å². The number of ether oxygens (including phenoxy) is 1. The number of hydrogen-bond donors (Lipinski definition) is 1. The number of nitrogens with one attached hydrogen (secondary N) is 1. The summed E-state index contributed by atoms with van der Waals surface area (Å²) in [6, 6.07) is 6.03. The van der Waals surface area contributed by atoms with Gasteiger partial charge in [-0.05, 0) is 58.2 Å². The second kappa shape index (κ2) is 8.78. The second-order valence-electron chi connectivity index (χ2n) is 7.67. The lowest BCUT2D eigenvalue weighted by Gasteiger charge is -2.31. The van der Waals surface area contributed by atoms with Crippen LogP contribution in [0, 0.1) is 19.8 Å². The molecule has 142 valence electrons. The number of hydrogen-bond acceptors (Lipinski definition) is 4. The van der Waals surface area contributed by atoms with Gasteiger partial charge in [-0.15, -0.1) is 0 Å². The first kappa shape index (κ1) is 19.1. The molecule has 0 aromatic heterocycles. The van der Waals surface area contributed by atoms with Crippen molar-refractivity contribution < 1.29 is 14.3 Å². The predicted octanol–water partition coefficient (Wildman–Crippen LogP) is 2.49. The Bertz CT molecular complexity index is 645. The zero-order valence-electron chi connectivity index (χ0n) is 15.9. The standard InChI is InChI=1S/C21H30N2O3/c1-15-5-6-19(16(2)12-15)21(25)17-7-9-23(10-8-17)14-20(24)22-13-18-4-3-11-26-18/h5-6,12,17-18H,3-4,7-11,13-14H2,1-2H3,(H,22,24)/t18-/m1/s1. The zero-order chi connectivity index (χ0) is 18.5. The third-order valence-corrected chi connectivity index (χ3v) is 5.52. The van der Waals surface area contributed by atoms with Gasteiger partial charge in [0.15, 0.2) is 5.78 Å². The Hall–Kier alpha value is -1.72. The average molecular weight is 358 g/mol. The minimum atomic E-state index is 0.0552. The molecule has 1 atom stereocenters. The highest BCUT2D eigenvalue weighted by Crippen LogP contribution is 2.23. The van der Waals surface area contributed by atoms with Crippen molar-refractivity contribution >= 4 is 11.7 Å². The summed E-state index contributed by atoms with van der Waals surface area (Å²) in [5, 5.41) is 2.97. The molecule has 0 aliphatic carbocycles. The van der Waals surface area contributed by atoms with E-state index in [2.05, 4.69) is 16.3 Å². The molecule has 1 aromatic carbocycles. The summed E-state index contributed by atoms with van der Waals surface area (Å²) in [6.45, 7) is 7.49. The number of rotatable bonds is 6. The summed E-state index contributed by atoms with van der Waals surface area (Å²) in [5.41, 5.74) is 3.09. The van der Waals surface area contributed by atoms with Crippen molar-refractivity contribution in [2.75, 3.05) is 32.8 Å². The molecule has 2 aliphatic rings. The first-order chi connectivity index (χ1) is 12.5. The van der Waals surface area contributed by atoms with Crippen molar-refractivity contribution in [2.45, 2.75) is 45.6 Å². The highest BCUT2D eigenvalue weighted by atomic mass is 16.5. The van der Waals surface area contributed by atoms with Crippen molar-refractivity contribution in [3.05, 3.63) is 34.9 Å². The van der Waals surface area contributed by atoms with Gasteiger partial charge in [-0.3, -0.25) is 14.5 Å². The number of aryl methyl sites for hydroxylation is 2. The normalized spacial score (nSPS) is 21.7. The number of nitrogens with zero attached hydrogens (tertiary/aromatic N) is 1. The van der Waals surface area contributed by atoms with Crippen molar-refractivity contribution in [3.63, 3.8) is 0 Å². The fourth-order valence-corrected chi connectivity index (χ4v) is 3.96. The molecule has 0 saturated carbocycles. The fourth-order valence-electron chi connectivity index (χ4n) is 3.96.